The standard InChI is InChI=1S/C12H22N2O2/c1-6-13-7-8-14(9-10(13)2)11(15)16-12(3,4)5/h2,6-9H2,1,3-5H3. The van der Waals surface area contributed by atoms with Gasteiger partial charge in [-0.2, -0.15) is 0 Å². The van der Waals surface area contributed by atoms with Crippen molar-refractivity contribution in [1.82, 2.24) is 9.80 Å². The van der Waals surface area contributed by atoms with Crippen LogP contribution in [0.5, 0.6) is 0 Å². The number of rotatable bonds is 1. The van der Waals surface area contributed by atoms with Gasteiger partial charge in [0.25, 0.3) is 0 Å². The van der Waals surface area contributed by atoms with E-state index in [1.54, 1.807) is 4.90 Å². The molecule has 0 aromatic carbocycles. The van der Waals surface area contributed by atoms with Crippen molar-refractivity contribution in [3.05, 3.63) is 12.3 Å². The summed E-state index contributed by atoms with van der Waals surface area (Å²) in [7, 11) is 0. The lowest BCUT2D eigenvalue weighted by Gasteiger charge is -2.37. The topological polar surface area (TPSA) is 32.8 Å². The first kappa shape index (κ1) is 12.9. The maximum atomic E-state index is 11.8. The van der Waals surface area contributed by atoms with Gasteiger partial charge in [-0.15, -0.1) is 0 Å². The largest absolute Gasteiger partial charge is 0.444 e. The Morgan fingerprint density at radius 2 is 2.06 bits per heavy atom. The third-order valence-electron chi connectivity index (χ3n) is 2.49. The fourth-order valence-corrected chi connectivity index (χ4v) is 1.66. The Balaban J connectivity index is 2.52. The van der Waals surface area contributed by atoms with E-state index < -0.39 is 5.60 Å². The summed E-state index contributed by atoms with van der Waals surface area (Å²) in [6.45, 7) is 14.8. The van der Waals surface area contributed by atoms with Crippen molar-refractivity contribution in [2.75, 3.05) is 26.2 Å². The van der Waals surface area contributed by atoms with Crippen molar-refractivity contribution in [2.24, 2.45) is 0 Å². The van der Waals surface area contributed by atoms with Gasteiger partial charge in [0.05, 0.1) is 6.54 Å². The Bertz CT molecular complexity index is 281. The summed E-state index contributed by atoms with van der Waals surface area (Å²) in [4.78, 5) is 15.7. The molecule has 4 nitrogen and oxygen atoms in total. The molecular formula is C12H22N2O2. The van der Waals surface area contributed by atoms with Crippen molar-refractivity contribution in [3.63, 3.8) is 0 Å². The first-order valence-corrected chi connectivity index (χ1v) is 5.74. The predicted molar refractivity (Wildman–Crippen MR) is 64.2 cm³/mol. The lowest BCUT2D eigenvalue weighted by atomic mass is 10.2. The monoisotopic (exact) mass is 226 g/mol. The number of amides is 1. The molecule has 0 radical (unpaired) electrons. The van der Waals surface area contributed by atoms with E-state index in [1.807, 2.05) is 20.8 Å². The van der Waals surface area contributed by atoms with E-state index in [0.717, 1.165) is 18.8 Å². The number of piperazine rings is 1. The Hall–Kier alpha value is -1.19. The second-order valence-electron chi connectivity index (χ2n) is 5.05. The van der Waals surface area contributed by atoms with Gasteiger partial charge in [-0.3, -0.25) is 0 Å². The molecule has 0 unspecified atom stereocenters. The highest BCUT2D eigenvalue weighted by Crippen LogP contribution is 2.15. The van der Waals surface area contributed by atoms with Gasteiger partial charge in [0.15, 0.2) is 0 Å². The Kier molecular flexibility index (Phi) is 3.83. The third-order valence-corrected chi connectivity index (χ3v) is 2.49. The first-order valence-electron chi connectivity index (χ1n) is 5.74. The molecule has 4 heteroatoms. The average molecular weight is 226 g/mol. The second kappa shape index (κ2) is 4.76. The van der Waals surface area contributed by atoms with Gasteiger partial charge in [-0.25, -0.2) is 4.79 Å². The summed E-state index contributed by atoms with van der Waals surface area (Å²) in [5, 5.41) is 0. The van der Waals surface area contributed by atoms with Gasteiger partial charge < -0.3 is 14.5 Å². The van der Waals surface area contributed by atoms with E-state index in [-0.39, 0.29) is 6.09 Å². The Morgan fingerprint density at radius 3 is 2.50 bits per heavy atom. The highest BCUT2D eigenvalue weighted by Gasteiger charge is 2.26. The molecule has 1 heterocycles. The minimum Gasteiger partial charge on any atom is -0.444 e. The van der Waals surface area contributed by atoms with Crippen LogP contribution in [-0.2, 0) is 4.74 Å². The van der Waals surface area contributed by atoms with Gasteiger partial charge >= 0.3 is 6.09 Å². The molecule has 0 saturated carbocycles. The predicted octanol–water partition coefficient (Wildman–Crippen LogP) is 2.07. The molecule has 0 aromatic rings. The van der Waals surface area contributed by atoms with E-state index in [2.05, 4.69) is 18.4 Å². The van der Waals surface area contributed by atoms with Crippen molar-refractivity contribution in [3.8, 4) is 0 Å². The second-order valence-corrected chi connectivity index (χ2v) is 5.05. The number of hydrogen-bond donors (Lipinski definition) is 0. The van der Waals surface area contributed by atoms with Crippen molar-refractivity contribution >= 4 is 6.09 Å². The fraction of sp³-hybridized carbons (Fsp3) is 0.750. The van der Waals surface area contributed by atoms with Crippen LogP contribution >= 0.6 is 0 Å². The lowest BCUT2D eigenvalue weighted by molar-refractivity contribution is 0.0201. The molecule has 0 bridgehead atoms. The molecule has 92 valence electrons. The Labute approximate surface area is 97.9 Å². The molecule has 1 aliphatic rings. The van der Waals surface area contributed by atoms with Crippen LogP contribution in [0.4, 0.5) is 4.79 Å². The van der Waals surface area contributed by atoms with Gasteiger partial charge in [-0.05, 0) is 27.7 Å². The summed E-state index contributed by atoms with van der Waals surface area (Å²) in [5.74, 6) is 0. The molecular weight excluding hydrogens is 204 g/mol. The first-order chi connectivity index (χ1) is 7.33. The maximum Gasteiger partial charge on any atom is 0.410 e. The number of carbonyl (C=O) groups excluding carboxylic acids is 1. The molecule has 1 saturated heterocycles. The normalized spacial score (nSPS) is 17.6. The summed E-state index contributed by atoms with van der Waals surface area (Å²) in [6.07, 6.45) is -0.246. The number of carbonyl (C=O) groups is 1. The molecule has 0 aromatic heterocycles. The molecule has 0 spiro atoms. The van der Waals surface area contributed by atoms with Crippen molar-refractivity contribution in [2.45, 2.75) is 33.3 Å². The maximum absolute atomic E-state index is 11.8. The van der Waals surface area contributed by atoms with E-state index in [4.69, 9.17) is 4.74 Å². The lowest BCUT2D eigenvalue weighted by Crippen LogP contribution is -2.48. The zero-order chi connectivity index (χ0) is 12.3. The van der Waals surface area contributed by atoms with Crippen LogP contribution in [0.25, 0.3) is 0 Å². The zero-order valence-electron chi connectivity index (χ0n) is 10.7. The molecule has 16 heavy (non-hydrogen) atoms. The molecule has 0 aliphatic carbocycles. The summed E-state index contributed by atoms with van der Waals surface area (Å²) in [5.41, 5.74) is 0.555. The molecule has 1 aliphatic heterocycles. The number of likely N-dealkylation sites (N-methyl/N-ethyl adjacent to an activating group) is 1. The number of hydrogen-bond acceptors (Lipinski definition) is 3. The van der Waals surface area contributed by atoms with Gasteiger partial charge in [0.2, 0.25) is 0 Å². The van der Waals surface area contributed by atoms with Gasteiger partial charge in [-0.1, -0.05) is 6.58 Å². The molecule has 1 fully saturated rings. The minimum absolute atomic E-state index is 0.246. The van der Waals surface area contributed by atoms with Crippen LogP contribution < -0.4 is 0 Å². The Morgan fingerprint density at radius 1 is 1.44 bits per heavy atom. The van der Waals surface area contributed by atoms with E-state index >= 15 is 0 Å². The number of nitrogens with zero attached hydrogens (tertiary/aromatic N) is 2. The summed E-state index contributed by atoms with van der Waals surface area (Å²) < 4.78 is 5.32. The zero-order valence-corrected chi connectivity index (χ0v) is 10.7. The van der Waals surface area contributed by atoms with E-state index in [9.17, 15) is 4.79 Å². The molecule has 1 amide bonds. The fourth-order valence-electron chi connectivity index (χ4n) is 1.66. The molecule has 1 rings (SSSR count). The van der Waals surface area contributed by atoms with Gasteiger partial charge in [0.1, 0.15) is 5.60 Å². The summed E-state index contributed by atoms with van der Waals surface area (Å²) in [6, 6.07) is 0. The minimum atomic E-state index is -0.430. The van der Waals surface area contributed by atoms with Crippen LogP contribution in [0.1, 0.15) is 27.7 Å². The number of ether oxygens (including phenoxy) is 1. The highest BCUT2D eigenvalue weighted by atomic mass is 16.6. The van der Waals surface area contributed by atoms with Crippen LogP contribution in [0.2, 0.25) is 0 Å². The van der Waals surface area contributed by atoms with Crippen LogP contribution in [-0.4, -0.2) is 47.7 Å². The van der Waals surface area contributed by atoms with Crippen LogP contribution in [0, 0.1) is 0 Å². The van der Waals surface area contributed by atoms with E-state index in [1.165, 1.54) is 0 Å². The van der Waals surface area contributed by atoms with Crippen LogP contribution in [0.3, 0.4) is 0 Å². The highest BCUT2D eigenvalue weighted by molar-refractivity contribution is 5.68. The molecule has 0 atom stereocenters. The van der Waals surface area contributed by atoms with Crippen LogP contribution in [0.15, 0.2) is 12.3 Å². The quantitative estimate of drug-likeness (QED) is 0.686. The SMILES string of the molecule is C=C1CN(C(=O)OC(C)(C)C)CCN1CC. The average Bonchev–Trinajstić information content (AvgIpc) is 2.15. The van der Waals surface area contributed by atoms with Gasteiger partial charge in [0, 0.05) is 25.3 Å². The smallest absolute Gasteiger partial charge is 0.410 e. The van der Waals surface area contributed by atoms with Crippen molar-refractivity contribution in [1.29, 1.82) is 0 Å². The van der Waals surface area contributed by atoms with E-state index in [0.29, 0.717) is 13.1 Å². The van der Waals surface area contributed by atoms with Crippen molar-refractivity contribution < 1.29 is 9.53 Å². The molecule has 0 N–H and O–H groups in total. The third kappa shape index (κ3) is 3.43. The summed E-state index contributed by atoms with van der Waals surface area (Å²) >= 11 is 0.